The summed E-state index contributed by atoms with van der Waals surface area (Å²) in [4.78, 5) is 0. The lowest BCUT2D eigenvalue weighted by Crippen LogP contribution is -2.38. The highest BCUT2D eigenvalue weighted by atomic mass is 79.9. The predicted molar refractivity (Wildman–Crippen MR) is 87.1 cm³/mol. The van der Waals surface area contributed by atoms with Crippen molar-refractivity contribution >= 4 is 15.9 Å². The Morgan fingerprint density at radius 2 is 1.95 bits per heavy atom. The zero-order chi connectivity index (χ0) is 15.3. The molecular weight excluding hydrogens is 318 g/mol. The van der Waals surface area contributed by atoms with E-state index in [1.54, 1.807) is 6.92 Å². The molecule has 4 heteroatoms. The van der Waals surface area contributed by atoms with E-state index in [1.165, 1.54) is 0 Å². The van der Waals surface area contributed by atoms with E-state index in [2.05, 4.69) is 35.1 Å². The van der Waals surface area contributed by atoms with Crippen LogP contribution in [-0.4, -0.2) is 23.4 Å². The summed E-state index contributed by atoms with van der Waals surface area (Å²) in [6.07, 6.45) is 0. The Balaban J connectivity index is 2.82. The number of ether oxygens (including phenoxy) is 1. The van der Waals surface area contributed by atoms with Crippen molar-refractivity contribution in [3.63, 3.8) is 0 Å². The third-order valence-corrected chi connectivity index (χ3v) is 4.13. The molecule has 0 radical (unpaired) electrons. The third-order valence-electron chi connectivity index (χ3n) is 3.50. The summed E-state index contributed by atoms with van der Waals surface area (Å²) in [5.74, 6) is 0.948. The first-order valence-corrected chi connectivity index (χ1v) is 7.89. The first-order chi connectivity index (χ1) is 9.24. The third kappa shape index (κ3) is 5.08. The maximum absolute atomic E-state index is 10.3. The van der Waals surface area contributed by atoms with Gasteiger partial charge in [0.1, 0.15) is 12.4 Å². The molecule has 0 amide bonds. The van der Waals surface area contributed by atoms with Crippen LogP contribution in [0.3, 0.4) is 0 Å². The van der Waals surface area contributed by atoms with E-state index in [-0.39, 0.29) is 12.5 Å². The Labute approximate surface area is 130 Å². The topological polar surface area (TPSA) is 41.5 Å². The first-order valence-electron chi connectivity index (χ1n) is 7.10. The van der Waals surface area contributed by atoms with E-state index in [1.807, 2.05) is 32.0 Å². The maximum atomic E-state index is 10.3. The highest BCUT2D eigenvalue weighted by molar-refractivity contribution is 9.10. The van der Waals surface area contributed by atoms with Crippen LogP contribution < -0.4 is 10.1 Å². The summed E-state index contributed by atoms with van der Waals surface area (Å²) in [5.41, 5.74) is 0.255. The Morgan fingerprint density at radius 1 is 1.30 bits per heavy atom. The summed E-state index contributed by atoms with van der Waals surface area (Å²) in [7, 11) is 0. The van der Waals surface area contributed by atoms with Crippen molar-refractivity contribution in [1.82, 2.24) is 5.32 Å². The zero-order valence-electron chi connectivity index (χ0n) is 13.0. The number of nitrogens with one attached hydrogen (secondary N) is 1. The molecule has 0 heterocycles. The second kappa shape index (κ2) is 7.43. The molecule has 0 aliphatic rings. The second-order valence-corrected chi connectivity index (χ2v) is 6.92. The van der Waals surface area contributed by atoms with Crippen molar-refractivity contribution in [2.45, 2.75) is 52.8 Å². The summed E-state index contributed by atoms with van der Waals surface area (Å²) < 4.78 is 6.81. The number of rotatable bonds is 7. The Bertz CT molecular complexity index is 430. The minimum absolute atomic E-state index is 0.141. The highest BCUT2D eigenvalue weighted by Crippen LogP contribution is 2.30. The fourth-order valence-corrected chi connectivity index (χ4v) is 2.08. The molecule has 0 saturated heterocycles. The minimum Gasteiger partial charge on any atom is -0.489 e. The molecule has 0 bridgehead atoms. The van der Waals surface area contributed by atoms with Crippen LogP contribution in [0.25, 0.3) is 0 Å². The van der Waals surface area contributed by atoms with E-state index >= 15 is 0 Å². The van der Waals surface area contributed by atoms with Crippen molar-refractivity contribution < 1.29 is 9.84 Å². The second-order valence-electron chi connectivity index (χ2n) is 6.06. The molecule has 0 fully saturated rings. The molecule has 2 N–H and O–H groups in total. The average Bonchev–Trinajstić information content (AvgIpc) is 2.34. The van der Waals surface area contributed by atoms with Gasteiger partial charge >= 0.3 is 0 Å². The Morgan fingerprint density at radius 3 is 2.50 bits per heavy atom. The van der Waals surface area contributed by atoms with Gasteiger partial charge in [-0.2, -0.15) is 0 Å². The summed E-state index contributed by atoms with van der Waals surface area (Å²) >= 11 is 3.52. The number of hydrogen-bond donors (Lipinski definition) is 2. The molecule has 1 rings (SSSR count). The highest BCUT2D eigenvalue weighted by Gasteiger charge is 2.26. The van der Waals surface area contributed by atoms with Gasteiger partial charge in [0.2, 0.25) is 0 Å². The number of halogens is 1. The minimum atomic E-state index is -0.835. The fourth-order valence-electron chi connectivity index (χ4n) is 1.55. The molecule has 0 spiro atoms. The molecule has 1 aromatic carbocycles. The Kier molecular flexibility index (Phi) is 6.49. The Hall–Kier alpha value is -0.580. The van der Waals surface area contributed by atoms with Gasteiger partial charge in [-0.3, -0.25) is 0 Å². The van der Waals surface area contributed by atoms with Crippen molar-refractivity contribution in [2.24, 2.45) is 5.92 Å². The van der Waals surface area contributed by atoms with Gasteiger partial charge < -0.3 is 15.2 Å². The number of hydrogen-bond acceptors (Lipinski definition) is 3. The van der Waals surface area contributed by atoms with E-state index in [9.17, 15) is 5.11 Å². The SMILES string of the molecule is CC(C)NCc1cccc(Br)c1OCC(C)(O)C(C)C. The summed E-state index contributed by atoms with van der Waals surface area (Å²) in [6, 6.07) is 6.41. The number of aliphatic hydroxyl groups is 1. The molecule has 114 valence electrons. The molecule has 1 unspecified atom stereocenters. The summed E-state index contributed by atoms with van der Waals surface area (Å²) in [6.45, 7) is 11.0. The van der Waals surface area contributed by atoms with Crippen LogP contribution in [0.2, 0.25) is 0 Å². The van der Waals surface area contributed by atoms with Gasteiger partial charge in [-0.1, -0.05) is 39.8 Å². The first kappa shape index (κ1) is 17.5. The number of para-hydroxylation sites is 1. The average molecular weight is 344 g/mol. The van der Waals surface area contributed by atoms with Crippen LogP contribution in [0.15, 0.2) is 22.7 Å². The normalized spacial score (nSPS) is 14.7. The van der Waals surface area contributed by atoms with Crippen LogP contribution in [0.4, 0.5) is 0 Å². The largest absolute Gasteiger partial charge is 0.489 e. The smallest absolute Gasteiger partial charge is 0.138 e. The van der Waals surface area contributed by atoms with Crippen LogP contribution in [0, 0.1) is 5.92 Å². The molecule has 20 heavy (non-hydrogen) atoms. The van der Waals surface area contributed by atoms with Crippen molar-refractivity contribution in [2.75, 3.05) is 6.61 Å². The van der Waals surface area contributed by atoms with Gasteiger partial charge in [0.05, 0.1) is 10.1 Å². The fraction of sp³-hybridized carbons (Fsp3) is 0.625. The summed E-state index contributed by atoms with van der Waals surface area (Å²) in [5, 5.41) is 13.7. The molecule has 0 aliphatic heterocycles. The molecule has 3 nitrogen and oxygen atoms in total. The maximum Gasteiger partial charge on any atom is 0.138 e. The van der Waals surface area contributed by atoms with Crippen LogP contribution in [-0.2, 0) is 6.54 Å². The van der Waals surface area contributed by atoms with Gasteiger partial charge in [0, 0.05) is 18.2 Å². The van der Waals surface area contributed by atoms with Gasteiger partial charge in [-0.05, 0) is 34.8 Å². The van der Waals surface area contributed by atoms with Crippen LogP contribution in [0.5, 0.6) is 5.75 Å². The van der Waals surface area contributed by atoms with Crippen molar-refractivity contribution in [3.8, 4) is 5.75 Å². The lowest BCUT2D eigenvalue weighted by molar-refractivity contribution is -0.0270. The van der Waals surface area contributed by atoms with Gasteiger partial charge in [-0.15, -0.1) is 0 Å². The quantitative estimate of drug-likeness (QED) is 0.792. The number of benzene rings is 1. The molecule has 0 saturated carbocycles. The van der Waals surface area contributed by atoms with Gasteiger partial charge in [0.25, 0.3) is 0 Å². The molecule has 1 atom stereocenters. The van der Waals surface area contributed by atoms with Gasteiger partial charge in [0.15, 0.2) is 0 Å². The molecule has 0 aromatic heterocycles. The molecular formula is C16H26BrNO2. The van der Waals surface area contributed by atoms with E-state index in [0.717, 1.165) is 22.3 Å². The van der Waals surface area contributed by atoms with E-state index in [4.69, 9.17) is 4.74 Å². The monoisotopic (exact) mass is 343 g/mol. The molecule has 0 aliphatic carbocycles. The lowest BCUT2D eigenvalue weighted by atomic mass is 9.94. The zero-order valence-corrected chi connectivity index (χ0v) is 14.6. The van der Waals surface area contributed by atoms with Gasteiger partial charge in [-0.25, -0.2) is 0 Å². The van der Waals surface area contributed by atoms with Crippen LogP contribution >= 0.6 is 15.9 Å². The van der Waals surface area contributed by atoms with E-state index in [0.29, 0.717) is 6.04 Å². The van der Waals surface area contributed by atoms with Crippen molar-refractivity contribution in [3.05, 3.63) is 28.2 Å². The lowest BCUT2D eigenvalue weighted by Gasteiger charge is -2.28. The van der Waals surface area contributed by atoms with E-state index < -0.39 is 5.60 Å². The van der Waals surface area contributed by atoms with Crippen LogP contribution in [0.1, 0.15) is 40.2 Å². The van der Waals surface area contributed by atoms with Crippen molar-refractivity contribution in [1.29, 1.82) is 0 Å². The predicted octanol–water partition coefficient (Wildman–Crippen LogP) is 3.73. The standard InChI is InChI=1S/C16H26BrNO2/c1-11(2)16(5,19)10-20-15-13(9-18-12(3)4)7-6-8-14(15)17/h6-8,11-12,18-19H,9-10H2,1-5H3. The molecule has 1 aromatic rings.